The van der Waals surface area contributed by atoms with Gasteiger partial charge >= 0.3 is 5.97 Å². The van der Waals surface area contributed by atoms with Crippen molar-refractivity contribution in [2.45, 2.75) is 51.7 Å². The first-order valence-electron chi connectivity index (χ1n) is 5.93. The minimum absolute atomic E-state index is 0.0984. The van der Waals surface area contributed by atoms with Crippen molar-refractivity contribution in [1.29, 1.82) is 0 Å². The molecule has 1 heterocycles. The predicted octanol–water partition coefficient (Wildman–Crippen LogP) is 1.47. The summed E-state index contributed by atoms with van der Waals surface area (Å²) in [5.41, 5.74) is 5.59. The van der Waals surface area contributed by atoms with Crippen molar-refractivity contribution in [3.8, 4) is 0 Å². The minimum atomic E-state index is -0.424. The van der Waals surface area contributed by atoms with E-state index in [-0.39, 0.29) is 12.0 Å². The molecule has 0 aromatic carbocycles. The smallest absolute Gasteiger partial charge is 0.307 e. The average molecular weight is 229 g/mol. The highest BCUT2D eigenvalue weighted by molar-refractivity contribution is 5.70. The van der Waals surface area contributed by atoms with Crippen LogP contribution in [0, 0.1) is 5.92 Å². The zero-order valence-electron chi connectivity index (χ0n) is 10.5. The van der Waals surface area contributed by atoms with Crippen molar-refractivity contribution in [3.63, 3.8) is 0 Å². The van der Waals surface area contributed by atoms with Crippen LogP contribution in [0.15, 0.2) is 0 Å². The fraction of sp³-hybridized carbons (Fsp3) is 0.917. The van der Waals surface area contributed by atoms with Crippen molar-refractivity contribution in [2.75, 3.05) is 13.2 Å². The quantitative estimate of drug-likeness (QED) is 0.744. The number of carbonyl (C=O) groups is 1. The van der Waals surface area contributed by atoms with Gasteiger partial charge in [0.25, 0.3) is 0 Å². The van der Waals surface area contributed by atoms with Gasteiger partial charge in [-0.05, 0) is 39.5 Å². The van der Waals surface area contributed by atoms with E-state index in [2.05, 4.69) is 0 Å². The maximum atomic E-state index is 11.6. The molecule has 0 aliphatic carbocycles. The van der Waals surface area contributed by atoms with E-state index in [9.17, 15) is 4.79 Å². The lowest BCUT2D eigenvalue weighted by atomic mass is 9.90. The molecule has 1 saturated heterocycles. The van der Waals surface area contributed by atoms with Gasteiger partial charge in [-0.25, -0.2) is 0 Å². The third-order valence-electron chi connectivity index (χ3n) is 2.69. The zero-order chi connectivity index (χ0) is 12.2. The summed E-state index contributed by atoms with van der Waals surface area (Å²) in [5.74, 6) is 0.188. The Bertz CT molecular complexity index is 229. The van der Waals surface area contributed by atoms with Gasteiger partial charge in [0.15, 0.2) is 0 Å². The molecule has 4 nitrogen and oxygen atoms in total. The summed E-state index contributed by atoms with van der Waals surface area (Å²) in [7, 11) is 0. The Labute approximate surface area is 97.5 Å². The molecule has 0 bridgehead atoms. The summed E-state index contributed by atoms with van der Waals surface area (Å²) in [6, 6.07) is -0.0984. The number of rotatable bonds is 3. The fourth-order valence-corrected chi connectivity index (χ4v) is 1.89. The molecular formula is C12H23NO3. The molecule has 0 aromatic heterocycles. The molecule has 16 heavy (non-hydrogen) atoms. The van der Waals surface area contributed by atoms with Gasteiger partial charge in [-0.1, -0.05) is 0 Å². The topological polar surface area (TPSA) is 61.5 Å². The van der Waals surface area contributed by atoms with Crippen LogP contribution in [0.5, 0.6) is 0 Å². The van der Waals surface area contributed by atoms with E-state index in [1.165, 1.54) is 0 Å². The lowest BCUT2D eigenvalue weighted by Gasteiger charge is -2.28. The molecule has 0 amide bonds. The number of nitrogens with two attached hydrogens (primary N) is 1. The van der Waals surface area contributed by atoms with Crippen LogP contribution < -0.4 is 5.73 Å². The summed E-state index contributed by atoms with van der Waals surface area (Å²) in [5, 5.41) is 0. The van der Waals surface area contributed by atoms with Crippen molar-refractivity contribution in [1.82, 2.24) is 0 Å². The maximum absolute atomic E-state index is 11.6. The largest absolute Gasteiger partial charge is 0.460 e. The van der Waals surface area contributed by atoms with Crippen LogP contribution in [0.4, 0.5) is 0 Å². The average Bonchev–Trinajstić information content (AvgIpc) is 2.16. The summed E-state index contributed by atoms with van der Waals surface area (Å²) < 4.78 is 10.5. The van der Waals surface area contributed by atoms with E-state index in [4.69, 9.17) is 15.2 Å². The standard InChI is InChI=1S/C12H23NO3/c1-12(2,3)16-11(14)8-10(13)9-4-6-15-7-5-9/h9-10H,4-8,13H2,1-3H3. The van der Waals surface area contributed by atoms with E-state index < -0.39 is 5.60 Å². The Hall–Kier alpha value is -0.610. The van der Waals surface area contributed by atoms with Crippen molar-refractivity contribution < 1.29 is 14.3 Å². The highest BCUT2D eigenvalue weighted by Crippen LogP contribution is 2.20. The van der Waals surface area contributed by atoms with Gasteiger partial charge in [-0.3, -0.25) is 4.79 Å². The van der Waals surface area contributed by atoms with Gasteiger partial charge < -0.3 is 15.2 Å². The van der Waals surface area contributed by atoms with Gasteiger partial charge in [0.1, 0.15) is 5.60 Å². The Morgan fingerprint density at radius 3 is 2.50 bits per heavy atom. The Balaban J connectivity index is 2.32. The number of ether oxygens (including phenoxy) is 2. The Kier molecular flexibility index (Phi) is 4.74. The molecule has 2 N–H and O–H groups in total. The molecule has 94 valence electrons. The Morgan fingerprint density at radius 1 is 1.44 bits per heavy atom. The first-order chi connectivity index (χ1) is 7.38. The predicted molar refractivity (Wildman–Crippen MR) is 62.0 cm³/mol. The second kappa shape index (κ2) is 5.64. The van der Waals surface area contributed by atoms with Gasteiger partial charge in [-0.15, -0.1) is 0 Å². The van der Waals surface area contributed by atoms with Gasteiger partial charge in [0.05, 0.1) is 6.42 Å². The van der Waals surface area contributed by atoms with Crippen LogP contribution in [-0.4, -0.2) is 30.8 Å². The molecule has 1 rings (SSSR count). The van der Waals surface area contributed by atoms with E-state index in [0.29, 0.717) is 12.3 Å². The molecule has 0 aromatic rings. The highest BCUT2D eigenvalue weighted by atomic mass is 16.6. The first kappa shape index (κ1) is 13.5. The third kappa shape index (κ3) is 4.94. The van der Waals surface area contributed by atoms with Crippen LogP contribution in [0.2, 0.25) is 0 Å². The number of hydrogen-bond donors (Lipinski definition) is 1. The van der Waals surface area contributed by atoms with Gasteiger partial charge in [0.2, 0.25) is 0 Å². The SMILES string of the molecule is CC(C)(C)OC(=O)CC(N)C1CCOCC1. The minimum Gasteiger partial charge on any atom is -0.460 e. The van der Waals surface area contributed by atoms with Crippen LogP contribution in [0.3, 0.4) is 0 Å². The monoisotopic (exact) mass is 229 g/mol. The number of hydrogen-bond acceptors (Lipinski definition) is 4. The lowest BCUT2D eigenvalue weighted by Crippen LogP contribution is -2.37. The number of esters is 1. The summed E-state index contributed by atoms with van der Waals surface area (Å²) in [6.07, 6.45) is 2.20. The molecular weight excluding hydrogens is 206 g/mol. The van der Waals surface area contributed by atoms with E-state index in [0.717, 1.165) is 26.1 Å². The van der Waals surface area contributed by atoms with Gasteiger partial charge in [0, 0.05) is 19.3 Å². The summed E-state index contributed by atoms with van der Waals surface area (Å²) >= 11 is 0. The summed E-state index contributed by atoms with van der Waals surface area (Å²) in [4.78, 5) is 11.6. The molecule has 1 unspecified atom stereocenters. The van der Waals surface area contributed by atoms with Crippen molar-refractivity contribution in [3.05, 3.63) is 0 Å². The molecule has 0 radical (unpaired) electrons. The molecule has 1 atom stereocenters. The highest BCUT2D eigenvalue weighted by Gasteiger charge is 2.25. The number of carbonyl (C=O) groups excluding carboxylic acids is 1. The zero-order valence-corrected chi connectivity index (χ0v) is 10.5. The van der Waals surface area contributed by atoms with Crippen LogP contribution in [0.25, 0.3) is 0 Å². The van der Waals surface area contributed by atoms with Crippen LogP contribution in [0.1, 0.15) is 40.0 Å². The van der Waals surface area contributed by atoms with E-state index in [1.54, 1.807) is 0 Å². The fourth-order valence-electron chi connectivity index (χ4n) is 1.89. The van der Waals surface area contributed by atoms with Crippen molar-refractivity contribution in [2.24, 2.45) is 11.7 Å². The van der Waals surface area contributed by atoms with Crippen LogP contribution in [-0.2, 0) is 14.3 Å². The molecule has 0 saturated carbocycles. The molecule has 1 aliphatic rings. The molecule has 1 fully saturated rings. The molecule has 0 spiro atoms. The molecule has 4 heteroatoms. The van der Waals surface area contributed by atoms with E-state index >= 15 is 0 Å². The maximum Gasteiger partial charge on any atom is 0.307 e. The van der Waals surface area contributed by atoms with E-state index in [1.807, 2.05) is 20.8 Å². The lowest BCUT2D eigenvalue weighted by molar-refractivity contribution is -0.155. The van der Waals surface area contributed by atoms with Crippen molar-refractivity contribution >= 4 is 5.97 Å². The third-order valence-corrected chi connectivity index (χ3v) is 2.69. The normalized spacial score (nSPS) is 20.5. The molecule has 1 aliphatic heterocycles. The summed E-state index contributed by atoms with van der Waals surface area (Å²) in [6.45, 7) is 7.11. The second-order valence-corrected chi connectivity index (χ2v) is 5.40. The Morgan fingerprint density at radius 2 is 2.00 bits per heavy atom. The first-order valence-corrected chi connectivity index (χ1v) is 5.93. The second-order valence-electron chi connectivity index (χ2n) is 5.40. The van der Waals surface area contributed by atoms with Gasteiger partial charge in [-0.2, -0.15) is 0 Å². The van der Waals surface area contributed by atoms with Crippen LogP contribution >= 0.6 is 0 Å².